The Hall–Kier alpha value is -2.27. The monoisotopic (exact) mass is 330 g/mol. The molecule has 1 aromatic carbocycles. The fourth-order valence-corrected chi connectivity index (χ4v) is 3.77. The van der Waals surface area contributed by atoms with E-state index in [2.05, 4.69) is 11.1 Å². The molecule has 5 nitrogen and oxygen atoms in total. The Balaban J connectivity index is 0.00000135. The van der Waals surface area contributed by atoms with E-state index in [4.69, 9.17) is 9.47 Å². The Labute approximate surface area is 139 Å². The summed E-state index contributed by atoms with van der Waals surface area (Å²) in [6.45, 7) is 0.994. The Kier molecular flexibility index (Phi) is 3.20. The third-order valence-electron chi connectivity index (χ3n) is 4.78. The van der Waals surface area contributed by atoms with Crippen molar-refractivity contribution >= 4 is 18.3 Å². The molecule has 0 aliphatic carbocycles. The molecule has 0 N–H and O–H groups in total. The fraction of sp³-hybridized carbons (Fsp3) is 0.294. The van der Waals surface area contributed by atoms with Gasteiger partial charge in [-0.15, -0.1) is 12.4 Å². The summed E-state index contributed by atoms with van der Waals surface area (Å²) >= 11 is 0. The molecular formula is C17H15ClN2O3. The average molecular weight is 331 g/mol. The van der Waals surface area contributed by atoms with Crippen LogP contribution in [0.15, 0.2) is 30.5 Å². The summed E-state index contributed by atoms with van der Waals surface area (Å²) in [5, 5.41) is 0. The van der Waals surface area contributed by atoms with Gasteiger partial charge in [-0.05, 0) is 30.2 Å². The summed E-state index contributed by atoms with van der Waals surface area (Å²) in [4.78, 5) is 19.1. The van der Waals surface area contributed by atoms with E-state index < -0.39 is 0 Å². The SMILES string of the molecule is Cl.O=C1c2cccnc2CC2c3ccc4c(c3CCN12)OCO4. The number of aromatic nitrogens is 1. The van der Waals surface area contributed by atoms with Crippen LogP contribution in [0.25, 0.3) is 0 Å². The molecular weight excluding hydrogens is 316 g/mol. The van der Waals surface area contributed by atoms with Gasteiger partial charge < -0.3 is 14.4 Å². The molecule has 1 atom stereocenters. The maximum atomic E-state index is 12.7. The minimum absolute atomic E-state index is 0. The van der Waals surface area contributed by atoms with Gasteiger partial charge in [0.2, 0.25) is 6.79 Å². The Morgan fingerprint density at radius 1 is 1.22 bits per heavy atom. The van der Waals surface area contributed by atoms with Gasteiger partial charge in [0.15, 0.2) is 11.5 Å². The number of carbonyl (C=O) groups is 1. The maximum Gasteiger partial charge on any atom is 0.256 e. The van der Waals surface area contributed by atoms with Crippen molar-refractivity contribution < 1.29 is 14.3 Å². The number of rotatable bonds is 0. The number of amides is 1. The van der Waals surface area contributed by atoms with Crippen LogP contribution in [0.5, 0.6) is 11.5 Å². The van der Waals surface area contributed by atoms with Crippen molar-refractivity contribution in [2.24, 2.45) is 0 Å². The lowest BCUT2D eigenvalue weighted by molar-refractivity contribution is 0.0627. The van der Waals surface area contributed by atoms with E-state index in [1.807, 2.05) is 23.1 Å². The molecule has 0 saturated carbocycles. The fourth-order valence-electron chi connectivity index (χ4n) is 3.77. The van der Waals surface area contributed by atoms with Gasteiger partial charge in [0.05, 0.1) is 17.3 Å². The van der Waals surface area contributed by atoms with Crippen molar-refractivity contribution in [1.29, 1.82) is 0 Å². The number of hydrogen-bond acceptors (Lipinski definition) is 4. The summed E-state index contributed by atoms with van der Waals surface area (Å²) in [6, 6.07) is 7.76. The van der Waals surface area contributed by atoms with Crippen LogP contribution in [0.4, 0.5) is 0 Å². The molecule has 3 aliphatic heterocycles. The highest BCUT2D eigenvalue weighted by Crippen LogP contribution is 2.45. The first-order chi connectivity index (χ1) is 10.8. The Morgan fingerprint density at radius 2 is 2.13 bits per heavy atom. The number of halogens is 1. The standard InChI is InChI=1S/C17H14N2O3.ClH/c20-17-12-2-1-6-18-13(12)8-14-10-3-4-15-16(22-9-21-15)11(10)5-7-19(14)17;/h1-4,6,14H,5,7-9H2;1H. The van der Waals surface area contributed by atoms with Gasteiger partial charge in [-0.1, -0.05) is 6.07 Å². The summed E-state index contributed by atoms with van der Waals surface area (Å²) in [7, 11) is 0. The summed E-state index contributed by atoms with van der Waals surface area (Å²) in [5.41, 5.74) is 3.98. The van der Waals surface area contributed by atoms with E-state index in [1.54, 1.807) is 6.20 Å². The highest BCUT2D eigenvalue weighted by molar-refractivity contribution is 5.97. The number of nitrogens with zero attached hydrogens (tertiary/aromatic N) is 2. The van der Waals surface area contributed by atoms with Crippen molar-refractivity contribution in [2.45, 2.75) is 18.9 Å². The Bertz CT molecular complexity index is 808. The van der Waals surface area contributed by atoms with Gasteiger partial charge in [-0.2, -0.15) is 0 Å². The number of benzene rings is 1. The van der Waals surface area contributed by atoms with Crippen molar-refractivity contribution in [2.75, 3.05) is 13.3 Å². The van der Waals surface area contributed by atoms with E-state index in [0.717, 1.165) is 35.6 Å². The van der Waals surface area contributed by atoms with Crippen LogP contribution in [-0.2, 0) is 12.8 Å². The third-order valence-corrected chi connectivity index (χ3v) is 4.78. The summed E-state index contributed by atoms with van der Waals surface area (Å²) in [5.74, 6) is 1.76. The van der Waals surface area contributed by atoms with Crippen LogP contribution >= 0.6 is 12.4 Å². The van der Waals surface area contributed by atoms with Crippen molar-refractivity contribution in [3.8, 4) is 11.5 Å². The zero-order chi connectivity index (χ0) is 14.7. The lowest BCUT2D eigenvalue weighted by atomic mass is 9.85. The number of fused-ring (bicyclic) bond motifs is 6. The molecule has 0 spiro atoms. The van der Waals surface area contributed by atoms with Gasteiger partial charge >= 0.3 is 0 Å². The average Bonchev–Trinajstić information content (AvgIpc) is 3.04. The first-order valence-electron chi connectivity index (χ1n) is 7.49. The van der Waals surface area contributed by atoms with Gasteiger partial charge in [0.1, 0.15) is 0 Å². The lowest BCUT2D eigenvalue weighted by Gasteiger charge is -2.40. The number of hydrogen-bond donors (Lipinski definition) is 0. The van der Waals surface area contributed by atoms with Crippen molar-refractivity contribution in [3.63, 3.8) is 0 Å². The third kappa shape index (κ3) is 1.93. The smallest absolute Gasteiger partial charge is 0.256 e. The van der Waals surface area contributed by atoms with Gasteiger partial charge in [0, 0.05) is 24.7 Å². The largest absolute Gasteiger partial charge is 0.454 e. The molecule has 2 aromatic rings. The van der Waals surface area contributed by atoms with Gasteiger partial charge in [-0.25, -0.2) is 0 Å². The summed E-state index contributed by atoms with van der Waals surface area (Å²) in [6.07, 6.45) is 3.32. The molecule has 0 radical (unpaired) electrons. The predicted octanol–water partition coefficient (Wildman–Crippen LogP) is 2.53. The van der Waals surface area contributed by atoms with Crippen LogP contribution in [0.2, 0.25) is 0 Å². The number of ether oxygens (including phenoxy) is 2. The zero-order valence-electron chi connectivity index (χ0n) is 12.3. The zero-order valence-corrected chi connectivity index (χ0v) is 13.1. The van der Waals surface area contributed by atoms with E-state index in [9.17, 15) is 4.79 Å². The lowest BCUT2D eigenvalue weighted by Crippen LogP contribution is -2.44. The molecule has 23 heavy (non-hydrogen) atoms. The molecule has 1 amide bonds. The molecule has 3 aliphatic rings. The van der Waals surface area contributed by atoms with E-state index in [1.165, 1.54) is 11.1 Å². The van der Waals surface area contributed by atoms with Crippen LogP contribution < -0.4 is 9.47 Å². The van der Waals surface area contributed by atoms with E-state index in [0.29, 0.717) is 6.54 Å². The van der Waals surface area contributed by atoms with Crippen molar-refractivity contribution in [1.82, 2.24) is 9.88 Å². The molecule has 0 fully saturated rings. The second-order valence-corrected chi connectivity index (χ2v) is 5.83. The normalized spacial score (nSPS) is 20.3. The molecule has 4 heterocycles. The van der Waals surface area contributed by atoms with Gasteiger partial charge in [-0.3, -0.25) is 9.78 Å². The minimum atomic E-state index is 0. The molecule has 0 bridgehead atoms. The molecule has 5 rings (SSSR count). The number of pyridine rings is 1. The highest BCUT2D eigenvalue weighted by Gasteiger charge is 2.39. The first kappa shape index (κ1) is 14.3. The molecule has 6 heteroatoms. The van der Waals surface area contributed by atoms with E-state index in [-0.39, 0.29) is 31.1 Å². The molecule has 1 aromatic heterocycles. The number of carbonyl (C=O) groups excluding carboxylic acids is 1. The first-order valence-corrected chi connectivity index (χ1v) is 7.49. The summed E-state index contributed by atoms with van der Waals surface area (Å²) < 4.78 is 11.1. The molecule has 118 valence electrons. The van der Waals surface area contributed by atoms with Gasteiger partial charge in [0.25, 0.3) is 5.91 Å². The van der Waals surface area contributed by atoms with Crippen LogP contribution in [-0.4, -0.2) is 29.1 Å². The quantitative estimate of drug-likeness (QED) is 0.745. The molecule has 1 unspecified atom stereocenters. The second kappa shape index (κ2) is 5.13. The van der Waals surface area contributed by atoms with Crippen LogP contribution in [0.1, 0.15) is 33.2 Å². The maximum absolute atomic E-state index is 12.7. The minimum Gasteiger partial charge on any atom is -0.454 e. The highest BCUT2D eigenvalue weighted by atomic mass is 35.5. The van der Waals surface area contributed by atoms with E-state index >= 15 is 0 Å². The second-order valence-electron chi connectivity index (χ2n) is 5.83. The molecule has 0 saturated heterocycles. The van der Waals surface area contributed by atoms with Crippen LogP contribution in [0, 0.1) is 0 Å². The van der Waals surface area contributed by atoms with Crippen molar-refractivity contribution in [3.05, 3.63) is 52.8 Å². The Morgan fingerprint density at radius 3 is 3.04 bits per heavy atom. The predicted molar refractivity (Wildman–Crippen MR) is 85.2 cm³/mol. The topological polar surface area (TPSA) is 51.7 Å². The van der Waals surface area contributed by atoms with Crippen LogP contribution in [0.3, 0.4) is 0 Å².